The minimum absolute atomic E-state index is 0.206. The van der Waals surface area contributed by atoms with Crippen LogP contribution in [0.2, 0.25) is 0 Å². The fraction of sp³-hybridized carbons (Fsp3) is 0. The molecule has 4 N–H and O–H groups in total. The van der Waals surface area contributed by atoms with Crippen LogP contribution in [-0.4, -0.2) is 15.8 Å². The maximum Gasteiger partial charge on any atom is 0.323 e. The summed E-state index contributed by atoms with van der Waals surface area (Å²) in [5, 5.41) is 0. The van der Waals surface area contributed by atoms with Crippen LogP contribution in [0.15, 0.2) is 35.3 Å². The molecule has 5 nitrogen and oxygen atoms in total. The van der Waals surface area contributed by atoms with Gasteiger partial charge in [-0.1, -0.05) is 12.1 Å². The van der Waals surface area contributed by atoms with Gasteiger partial charge in [0.25, 0.3) is 0 Å². The molecule has 5 heteroatoms. The quantitative estimate of drug-likeness (QED) is 0.490. The largest absolute Gasteiger partial charge is 0.398 e. The summed E-state index contributed by atoms with van der Waals surface area (Å²) >= 11 is 0. The van der Waals surface area contributed by atoms with Gasteiger partial charge >= 0.3 is 5.69 Å². The summed E-state index contributed by atoms with van der Waals surface area (Å²) in [6.07, 6.45) is 1.33. The van der Waals surface area contributed by atoms with Gasteiger partial charge in [0, 0.05) is 17.4 Å². The summed E-state index contributed by atoms with van der Waals surface area (Å²) in [5.41, 5.74) is 6.21. The number of nitrogens with one attached hydrogen (secondary N) is 2. The number of nitrogens with two attached hydrogens (primary N) is 1. The fourth-order valence-electron chi connectivity index (χ4n) is 1.30. The summed E-state index contributed by atoms with van der Waals surface area (Å²) < 4.78 is 0. The lowest BCUT2D eigenvalue weighted by molar-refractivity contribution is 0.103. The van der Waals surface area contributed by atoms with E-state index in [1.807, 2.05) is 0 Å². The van der Waals surface area contributed by atoms with Crippen molar-refractivity contribution in [2.45, 2.75) is 0 Å². The van der Waals surface area contributed by atoms with Gasteiger partial charge in [-0.2, -0.15) is 0 Å². The first-order chi connectivity index (χ1) is 7.18. The molecule has 2 rings (SSSR count). The summed E-state index contributed by atoms with van der Waals surface area (Å²) in [7, 11) is 0. The molecule has 0 fully saturated rings. The Balaban J connectivity index is 2.45. The number of aromatic nitrogens is 2. The summed E-state index contributed by atoms with van der Waals surface area (Å²) in [6, 6.07) is 6.71. The summed E-state index contributed by atoms with van der Waals surface area (Å²) in [6.45, 7) is 0. The molecule has 0 saturated heterocycles. The second kappa shape index (κ2) is 3.45. The zero-order chi connectivity index (χ0) is 10.8. The van der Waals surface area contributed by atoms with Crippen molar-refractivity contribution in [2.24, 2.45) is 0 Å². The monoisotopic (exact) mass is 203 g/mol. The first-order valence-electron chi connectivity index (χ1n) is 4.35. The highest BCUT2D eigenvalue weighted by Crippen LogP contribution is 2.13. The van der Waals surface area contributed by atoms with Crippen molar-refractivity contribution >= 4 is 11.5 Å². The molecular weight excluding hydrogens is 194 g/mol. The molecule has 0 amide bonds. The Kier molecular flexibility index (Phi) is 2.13. The molecule has 0 unspecified atom stereocenters. The molecule has 76 valence electrons. The fourth-order valence-corrected chi connectivity index (χ4v) is 1.30. The molecule has 0 saturated carbocycles. The Morgan fingerprint density at radius 1 is 1.27 bits per heavy atom. The number of hydrogen-bond acceptors (Lipinski definition) is 3. The Hall–Kier alpha value is -2.30. The van der Waals surface area contributed by atoms with E-state index in [0.29, 0.717) is 11.3 Å². The molecule has 0 aliphatic heterocycles. The Morgan fingerprint density at radius 3 is 2.60 bits per heavy atom. The molecule has 0 spiro atoms. The van der Waals surface area contributed by atoms with Gasteiger partial charge in [0.2, 0.25) is 5.78 Å². The average molecular weight is 203 g/mol. The first kappa shape index (κ1) is 9.26. The number of carbonyl (C=O) groups excluding carboxylic acids is 1. The third-order valence-electron chi connectivity index (χ3n) is 2.05. The van der Waals surface area contributed by atoms with E-state index in [0.717, 1.165) is 0 Å². The SMILES string of the molecule is Nc1ccccc1C(=O)c1c[nH]c(=O)[nH]1. The van der Waals surface area contributed by atoms with Gasteiger partial charge in [0.05, 0.1) is 0 Å². The van der Waals surface area contributed by atoms with Crippen LogP contribution >= 0.6 is 0 Å². The summed E-state index contributed by atoms with van der Waals surface area (Å²) in [5.74, 6) is -0.300. The van der Waals surface area contributed by atoms with E-state index >= 15 is 0 Å². The third kappa shape index (κ3) is 1.67. The van der Waals surface area contributed by atoms with Gasteiger partial charge in [-0.05, 0) is 12.1 Å². The second-order valence-corrected chi connectivity index (χ2v) is 3.07. The average Bonchev–Trinajstić information content (AvgIpc) is 2.65. The number of aromatic amines is 2. The van der Waals surface area contributed by atoms with Crippen LogP contribution in [0.4, 0.5) is 5.69 Å². The van der Waals surface area contributed by atoms with Crippen molar-refractivity contribution in [3.8, 4) is 0 Å². The maximum absolute atomic E-state index is 11.8. The minimum Gasteiger partial charge on any atom is -0.398 e. The number of rotatable bonds is 2. The van der Waals surface area contributed by atoms with E-state index in [-0.39, 0.29) is 11.5 Å². The normalized spacial score (nSPS) is 10.1. The molecule has 0 atom stereocenters. The lowest BCUT2D eigenvalue weighted by Crippen LogP contribution is -2.08. The number of carbonyl (C=O) groups is 1. The smallest absolute Gasteiger partial charge is 0.323 e. The number of H-pyrrole nitrogens is 2. The van der Waals surface area contributed by atoms with Crippen LogP contribution in [-0.2, 0) is 0 Å². The van der Waals surface area contributed by atoms with Crippen molar-refractivity contribution in [2.75, 3.05) is 5.73 Å². The van der Waals surface area contributed by atoms with E-state index in [2.05, 4.69) is 9.97 Å². The number of para-hydroxylation sites is 1. The Bertz CT molecular complexity index is 554. The van der Waals surface area contributed by atoms with Crippen molar-refractivity contribution in [1.29, 1.82) is 0 Å². The zero-order valence-corrected chi connectivity index (χ0v) is 7.78. The van der Waals surface area contributed by atoms with Crippen molar-refractivity contribution in [3.63, 3.8) is 0 Å². The van der Waals surface area contributed by atoms with Gasteiger partial charge in [0.1, 0.15) is 5.69 Å². The van der Waals surface area contributed by atoms with Crippen LogP contribution in [0.3, 0.4) is 0 Å². The molecule has 15 heavy (non-hydrogen) atoms. The second-order valence-electron chi connectivity index (χ2n) is 3.07. The lowest BCUT2D eigenvalue weighted by Gasteiger charge is -2.01. The van der Waals surface area contributed by atoms with Gasteiger partial charge in [-0.15, -0.1) is 0 Å². The van der Waals surface area contributed by atoms with Crippen molar-refractivity contribution in [3.05, 3.63) is 52.2 Å². The Labute approximate surface area is 84.9 Å². The van der Waals surface area contributed by atoms with Crippen LogP contribution in [0, 0.1) is 0 Å². The van der Waals surface area contributed by atoms with Crippen molar-refractivity contribution in [1.82, 2.24) is 9.97 Å². The predicted molar refractivity (Wildman–Crippen MR) is 55.7 cm³/mol. The van der Waals surface area contributed by atoms with E-state index in [1.54, 1.807) is 24.3 Å². The minimum atomic E-state index is -0.409. The molecule has 2 aromatic rings. The van der Waals surface area contributed by atoms with E-state index < -0.39 is 5.69 Å². The molecule has 1 aromatic heterocycles. The number of nitrogen functional groups attached to an aromatic ring is 1. The maximum atomic E-state index is 11.8. The molecule has 0 aliphatic carbocycles. The first-order valence-corrected chi connectivity index (χ1v) is 4.35. The number of anilines is 1. The van der Waals surface area contributed by atoms with Crippen LogP contribution < -0.4 is 11.4 Å². The van der Waals surface area contributed by atoms with Crippen LogP contribution in [0.25, 0.3) is 0 Å². The third-order valence-corrected chi connectivity index (χ3v) is 2.05. The van der Waals surface area contributed by atoms with Crippen LogP contribution in [0.5, 0.6) is 0 Å². The van der Waals surface area contributed by atoms with E-state index in [9.17, 15) is 9.59 Å². The summed E-state index contributed by atoms with van der Waals surface area (Å²) in [4.78, 5) is 27.4. The highest BCUT2D eigenvalue weighted by molar-refractivity contribution is 6.10. The number of ketones is 1. The predicted octanol–water partition coefficient (Wildman–Crippen LogP) is 0.516. The van der Waals surface area contributed by atoms with E-state index in [4.69, 9.17) is 5.73 Å². The van der Waals surface area contributed by atoms with Gasteiger partial charge in [-0.3, -0.25) is 4.79 Å². The molecular formula is C10H9N3O2. The van der Waals surface area contributed by atoms with E-state index in [1.165, 1.54) is 6.20 Å². The molecule has 0 radical (unpaired) electrons. The Morgan fingerprint density at radius 2 is 2.00 bits per heavy atom. The van der Waals surface area contributed by atoms with Crippen LogP contribution in [0.1, 0.15) is 16.1 Å². The lowest BCUT2D eigenvalue weighted by atomic mass is 10.1. The van der Waals surface area contributed by atoms with Gasteiger partial charge < -0.3 is 15.7 Å². The number of hydrogen-bond donors (Lipinski definition) is 3. The molecule has 1 aromatic carbocycles. The zero-order valence-electron chi connectivity index (χ0n) is 7.78. The standard InChI is InChI=1S/C10H9N3O2/c11-7-4-2-1-3-6(7)9(14)8-5-12-10(15)13-8/h1-5H,11H2,(H2,12,13,15). The molecule has 0 aliphatic rings. The van der Waals surface area contributed by atoms with Crippen molar-refractivity contribution < 1.29 is 4.79 Å². The highest BCUT2D eigenvalue weighted by Gasteiger charge is 2.12. The topological polar surface area (TPSA) is 91.7 Å². The van der Waals surface area contributed by atoms with Gasteiger partial charge in [0.15, 0.2) is 0 Å². The number of benzene rings is 1. The molecule has 1 heterocycles. The van der Waals surface area contributed by atoms with Gasteiger partial charge in [-0.25, -0.2) is 4.79 Å². The highest BCUT2D eigenvalue weighted by atomic mass is 16.1. The number of imidazole rings is 1. The molecule has 0 bridgehead atoms.